The van der Waals surface area contributed by atoms with Crippen molar-refractivity contribution in [2.24, 2.45) is 14.1 Å². The van der Waals surface area contributed by atoms with Crippen molar-refractivity contribution in [3.63, 3.8) is 0 Å². The smallest absolute Gasteiger partial charge is 0.332 e. The Kier molecular flexibility index (Phi) is 4.51. The number of nitrogens with zero attached hydrogens (tertiary/aromatic N) is 4. The minimum atomic E-state index is -0.566. The topological polar surface area (TPSA) is 96.1 Å². The SMILES string of the molecule is COc1ccc2[nH]cc(C3=CCN(c4c(C#N)c(=O)n(C)c(=O)n4C)CC3)c2c1. The Bertz CT molecular complexity index is 1300. The van der Waals surface area contributed by atoms with Crippen LogP contribution in [0.5, 0.6) is 5.75 Å². The van der Waals surface area contributed by atoms with Crippen molar-refractivity contribution in [1.29, 1.82) is 5.26 Å². The van der Waals surface area contributed by atoms with Gasteiger partial charge in [-0.15, -0.1) is 0 Å². The van der Waals surface area contributed by atoms with Crippen LogP contribution in [0.15, 0.2) is 40.1 Å². The number of benzene rings is 1. The maximum Gasteiger partial charge on any atom is 0.332 e. The molecule has 4 rings (SSSR count). The molecule has 29 heavy (non-hydrogen) atoms. The molecule has 0 spiro atoms. The summed E-state index contributed by atoms with van der Waals surface area (Å²) in [5.41, 5.74) is 2.30. The van der Waals surface area contributed by atoms with Crippen LogP contribution in [0, 0.1) is 11.3 Å². The second-order valence-electron chi connectivity index (χ2n) is 7.06. The zero-order chi connectivity index (χ0) is 20.7. The molecule has 8 heteroatoms. The predicted molar refractivity (Wildman–Crippen MR) is 111 cm³/mol. The van der Waals surface area contributed by atoms with Crippen molar-refractivity contribution in [3.05, 3.63) is 62.4 Å². The van der Waals surface area contributed by atoms with E-state index in [1.54, 1.807) is 14.2 Å². The summed E-state index contributed by atoms with van der Waals surface area (Å²) in [6.45, 7) is 1.10. The number of anilines is 1. The first kappa shape index (κ1) is 18.6. The summed E-state index contributed by atoms with van der Waals surface area (Å²) in [5, 5.41) is 10.6. The van der Waals surface area contributed by atoms with Gasteiger partial charge in [0.2, 0.25) is 0 Å². The highest BCUT2D eigenvalue weighted by atomic mass is 16.5. The summed E-state index contributed by atoms with van der Waals surface area (Å²) in [7, 11) is 4.62. The van der Waals surface area contributed by atoms with Gasteiger partial charge >= 0.3 is 5.69 Å². The first-order valence-electron chi connectivity index (χ1n) is 9.26. The summed E-state index contributed by atoms with van der Waals surface area (Å²) in [5.74, 6) is 1.17. The Morgan fingerprint density at radius 1 is 1.21 bits per heavy atom. The fourth-order valence-electron chi connectivity index (χ4n) is 3.90. The van der Waals surface area contributed by atoms with E-state index in [0.717, 1.165) is 33.2 Å². The summed E-state index contributed by atoms with van der Waals surface area (Å²) in [6.07, 6.45) is 4.79. The number of nitrogens with one attached hydrogen (secondary N) is 1. The molecule has 0 radical (unpaired) electrons. The first-order chi connectivity index (χ1) is 14.0. The lowest BCUT2D eigenvalue weighted by Crippen LogP contribution is -2.43. The van der Waals surface area contributed by atoms with E-state index in [4.69, 9.17) is 4.74 Å². The van der Waals surface area contributed by atoms with Crippen molar-refractivity contribution in [2.45, 2.75) is 6.42 Å². The van der Waals surface area contributed by atoms with Gasteiger partial charge in [-0.2, -0.15) is 5.26 Å². The van der Waals surface area contributed by atoms with Crippen molar-refractivity contribution in [2.75, 3.05) is 25.1 Å². The molecule has 3 heterocycles. The lowest BCUT2D eigenvalue weighted by atomic mass is 9.98. The van der Waals surface area contributed by atoms with E-state index in [-0.39, 0.29) is 5.56 Å². The highest BCUT2D eigenvalue weighted by Crippen LogP contribution is 2.32. The van der Waals surface area contributed by atoms with Gasteiger partial charge in [-0.3, -0.25) is 13.9 Å². The predicted octanol–water partition coefficient (Wildman–Crippen LogP) is 1.74. The van der Waals surface area contributed by atoms with E-state index in [1.807, 2.05) is 35.4 Å². The van der Waals surface area contributed by atoms with E-state index < -0.39 is 11.2 Å². The highest BCUT2D eigenvalue weighted by molar-refractivity contribution is 5.94. The zero-order valence-corrected chi connectivity index (χ0v) is 16.5. The molecule has 0 aliphatic carbocycles. The van der Waals surface area contributed by atoms with E-state index in [1.165, 1.54) is 17.2 Å². The van der Waals surface area contributed by atoms with Crippen molar-refractivity contribution >= 4 is 22.3 Å². The molecule has 148 valence electrons. The Hall–Kier alpha value is -3.73. The molecule has 8 nitrogen and oxygen atoms in total. The van der Waals surface area contributed by atoms with E-state index in [9.17, 15) is 14.9 Å². The minimum absolute atomic E-state index is 0.0109. The third kappa shape index (κ3) is 2.91. The fraction of sp³-hybridized carbons (Fsp3) is 0.286. The number of ether oxygens (including phenoxy) is 1. The van der Waals surface area contributed by atoms with Crippen molar-refractivity contribution < 1.29 is 4.74 Å². The lowest BCUT2D eigenvalue weighted by molar-refractivity contribution is 0.415. The number of aromatic amines is 1. The summed E-state index contributed by atoms with van der Waals surface area (Å²) >= 11 is 0. The van der Waals surface area contributed by atoms with Crippen LogP contribution in [0.1, 0.15) is 17.5 Å². The fourth-order valence-corrected chi connectivity index (χ4v) is 3.90. The quantitative estimate of drug-likeness (QED) is 0.734. The van der Waals surface area contributed by atoms with Crippen LogP contribution in [-0.2, 0) is 14.1 Å². The molecule has 1 aliphatic heterocycles. The van der Waals surface area contributed by atoms with Crippen LogP contribution in [0.4, 0.5) is 5.82 Å². The van der Waals surface area contributed by atoms with E-state index >= 15 is 0 Å². The van der Waals surface area contributed by atoms with Crippen LogP contribution in [-0.4, -0.2) is 34.3 Å². The third-order valence-corrected chi connectivity index (χ3v) is 5.49. The van der Waals surface area contributed by atoms with Gasteiger partial charge in [0.1, 0.15) is 17.6 Å². The molecule has 1 N–H and O–H groups in total. The molecule has 1 aliphatic rings. The molecule has 0 bridgehead atoms. The third-order valence-electron chi connectivity index (χ3n) is 5.49. The number of H-pyrrole nitrogens is 1. The van der Waals surface area contributed by atoms with E-state index in [2.05, 4.69) is 11.1 Å². The Labute approximate surface area is 166 Å². The Morgan fingerprint density at radius 2 is 2.00 bits per heavy atom. The first-order valence-corrected chi connectivity index (χ1v) is 9.26. The highest BCUT2D eigenvalue weighted by Gasteiger charge is 2.23. The molecular formula is C21H21N5O3. The minimum Gasteiger partial charge on any atom is -0.497 e. The van der Waals surface area contributed by atoms with Crippen LogP contribution < -0.4 is 20.9 Å². The van der Waals surface area contributed by atoms with E-state index in [0.29, 0.717) is 18.9 Å². The van der Waals surface area contributed by atoms with Crippen LogP contribution in [0.25, 0.3) is 16.5 Å². The van der Waals surface area contributed by atoms with Crippen molar-refractivity contribution in [3.8, 4) is 11.8 Å². The van der Waals surface area contributed by atoms with Gasteiger partial charge in [0.25, 0.3) is 5.56 Å². The van der Waals surface area contributed by atoms with Gasteiger partial charge in [-0.1, -0.05) is 6.08 Å². The number of hydrogen-bond donors (Lipinski definition) is 1. The summed E-state index contributed by atoms with van der Waals surface area (Å²) in [6, 6.07) is 7.88. The van der Waals surface area contributed by atoms with Gasteiger partial charge in [-0.05, 0) is 30.2 Å². The molecule has 0 saturated heterocycles. The molecule has 0 fully saturated rings. The molecule has 0 atom stereocenters. The lowest BCUT2D eigenvalue weighted by Gasteiger charge is -2.30. The van der Waals surface area contributed by atoms with Crippen LogP contribution in [0.2, 0.25) is 0 Å². The summed E-state index contributed by atoms with van der Waals surface area (Å²) in [4.78, 5) is 29.9. The number of aromatic nitrogens is 3. The number of hydrogen-bond acceptors (Lipinski definition) is 5. The molecular weight excluding hydrogens is 370 g/mol. The van der Waals surface area contributed by atoms with Gasteiger partial charge in [-0.25, -0.2) is 4.79 Å². The number of fused-ring (bicyclic) bond motifs is 1. The molecule has 0 amide bonds. The van der Waals surface area contributed by atoms with Gasteiger partial charge in [0.15, 0.2) is 5.56 Å². The average Bonchev–Trinajstić information content (AvgIpc) is 3.18. The zero-order valence-electron chi connectivity index (χ0n) is 16.5. The normalized spacial score (nSPS) is 14.0. The summed E-state index contributed by atoms with van der Waals surface area (Å²) < 4.78 is 7.68. The molecule has 1 aromatic carbocycles. The molecule has 0 saturated carbocycles. The Balaban J connectivity index is 1.73. The second kappa shape index (κ2) is 7.02. The van der Waals surface area contributed by atoms with Gasteiger partial charge < -0.3 is 14.6 Å². The maximum atomic E-state index is 12.4. The van der Waals surface area contributed by atoms with Crippen LogP contribution >= 0.6 is 0 Å². The number of rotatable bonds is 3. The second-order valence-corrected chi connectivity index (χ2v) is 7.06. The van der Waals surface area contributed by atoms with Crippen LogP contribution in [0.3, 0.4) is 0 Å². The van der Waals surface area contributed by atoms with Crippen molar-refractivity contribution in [1.82, 2.24) is 14.1 Å². The average molecular weight is 391 g/mol. The van der Waals surface area contributed by atoms with Gasteiger partial charge in [0, 0.05) is 49.8 Å². The van der Waals surface area contributed by atoms with Gasteiger partial charge in [0.05, 0.1) is 7.11 Å². The monoisotopic (exact) mass is 391 g/mol. The molecule has 3 aromatic rings. The standard InChI is InChI=1S/C21H21N5O3/c1-24-19(16(11-22)20(27)25(2)21(24)28)26-8-6-13(7-9-26)17-12-23-18-5-4-14(29-3)10-15(17)18/h4-6,10,12,23H,7-9H2,1-3H3. The number of nitriles is 1. The molecule has 0 unspecified atom stereocenters. The Morgan fingerprint density at radius 3 is 2.66 bits per heavy atom. The largest absolute Gasteiger partial charge is 0.497 e. The maximum absolute atomic E-state index is 12.4. The molecule has 2 aromatic heterocycles. The number of methoxy groups -OCH3 is 1.